The van der Waals surface area contributed by atoms with Crippen LogP contribution in [0.25, 0.3) is 16.5 Å². The third kappa shape index (κ3) is 2.13. The quantitative estimate of drug-likeness (QED) is 0.861. The number of aryl methyl sites for hydroxylation is 1. The van der Waals surface area contributed by atoms with Gasteiger partial charge >= 0.3 is 0 Å². The Hall–Kier alpha value is -1.71. The van der Waals surface area contributed by atoms with E-state index in [2.05, 4.69) is 46.7 Å². The molecular weight excluding hydrogens is 248 g/mol. The first kappa shape index (κ1) is 12.1. The molecule has 0 spiro atoms. The first-order chi connectivity index (χ1) is 9.78. The van der Waals surface area contributed by atoms with E-state index in [0.717, 1.165) is 30.8 Å². The van der Waals surface area contributed by atoms with Crippen LogP contribution in [0.2, 0.25) is 0 Å². The highest BCUT2D eigenvalue weighted by molar-refractivity contribution is 5.84. The molecule has 2 unspecified atom stereocenters. The second kappa shape index (κ2) is 4.69. The number of pyridine rings is 1. The van der Waals surface area contributed by atoms with E-state index in [-0.39, 0.29) is 0 Å². The number of hydrogen-bond acceptors (Lipinski definition) is 3. The van der Waals surface area contributed by atoms with Crippen molar-refractivity contribution in [1.29, 1.82) is 0 Å². The number of morpholine rings is 1. The highest BCUT2D eigenvalue weighted by Gasteiger charge is 2.26. The Bertz CT molecular complexity index is 692. The topological polar surface area (TPSA) is 34.1 Å². The Balaban J connectivity index is 1.75. The minimum Gasteiger partial charge on any atom is -0.378 e. The molecule has 3 nitrogen and oxygen atoms in total. The number of hydrogen-bond donors (Lipinski definition) is 1. The number of benzene rings is 1. The van der Waals surface area contributed by atoms with Crippen molar-refractivity contribution >= 4 is 16.5 Å². The normalized spacial score (nSPS) is 25.6. The van der Waals surface area contributed by atoms with E-state index in [0.29, 0.717) is 12.1 Å². The summed E-state index contributed by atoms with van der Waals surface area (Å²) in [6.45, 7) is 3.64. The maximum absolute atomic E-state index is 5.59. The standard InChI is InChI=1S/C17H18N2O/c1-11-2-3-13-6-12(4-5-17(13)18-11)14-7-15-9-20-10-16(8-14)19-15/h2-7,15-16,19H,8-10H2,1H3. The Morgan fingerprint density at radius 2 is 2.15 bits per heavy atom. The van der Waals surface area contributed by atoms with Gasteiger partial charge in [0.2, 0.25) is 0 Å². The second-order valence-electron chi connectivity index (χ2n) is 5.76. The predicted octanol–water partition coefficient (Wildman–Crippen LogP) is 2.69. The van der Waals surface area contributed by atoms with Crippen molar-refractivity contribution in [2.75, 3.05) is 13.2 Å². The zero-order valence-electron chi connectivity index (χ0n) is 11.6. The number of nitrogens with zero attached hydrogens (tertiary/aromatic N) is 1. The van der Waals surface area contributed by atoms with E-state index in [1.165, 1.54) is 16.5 Å². The van der Waals surface area contributed by atoms with Crippen LogP contribution in [-0.2, 0) is 4.74 Å². The van der Waals surface area contributed by atoms with Crippen LogP contribution in [0, 0.1) is 6.92 Å². The minimum absolute atomic E-state index is 0.365. The van der Waals surface area contributed by atoms with E-state index >= 15 is 0 Å². The van der Waals surface area contributed by atoms with Gasteiger partial charge in [0.05, 0.1) is 18.7 Å². The van der Waals surface area contributed by atoms with Gasteiger partial charge in [0.25, 0.3) is 0 Å². The fraction of sp³-hybridized carbons (Fsp3) is 0.353. The Morgan fingerprint density at radius 3 is 3.05 bits per heavy atom. The molecule has 2 atom stereocenters. The molecule has 3 heteroatoms. The van der Waals surface area contributed by atoms with Crippen LogP contribution in [0.5, 0.6) is 0 Å². The highest BCUT2D eigenvalue weighted by atomic mass is 16.5. The van der Waals surface area contributed by atoms with Crippen LogP contribution in [-0.4, -0.2) is 30.3 Å². The molecule has 1 saturated heterocycles. The van der Waals surface area contributed by atoms with Crippen molar-refractivity contribution in [2.24, 2.45) is 0 Å². The molecule has 102 valence electrons. The summed E-state index contributed by atoms with van der Waals surface area (Å²) >= 11 is 0. The van der Waals surface area contributed by atoms with E-state index in [9.17, 15) is 0 Å². The molecule has 2 aliphatic heterocycles. The Morgan fingerprint density at radius 1 is 1.20 bits per heavy atom. The molecule has 1 aromatic heterocycles. The summed E-state index contributed by atoms with van der Waals surface area (Å²) in [7, 11) is 0. The molecular formula is C17H18N2O. The van der Waals surface area contributed by atoms with Gasteiger partial charge in [0.15, 0.2) is 0 Å². The SMILES string of the molecule is Cc1ccc2cc(C3=CC4COCC(C3)N4)ccc2n1. The zero-order chi connectivity index (χ0) is 13.5. The van der Waals surface area contributed by atoms with Crippen molar-refractivity contribution in [1.82, 2.24) is 10.3 Å². The fourth-order valence-electron chi connectivity index (χ4n) is 3.17. The summed E-state index contributed by atoms with van der Waals surface area (Å²) in [5.74, 6) is 0. The lowest BCUT2D eigenvalue weighted by Crippen LogP contribution is -2.50. The summed E-state index contributed by atoms with van der Waals surface area (Å²) in [6, 6.07) is 11.6. The summed E-state index contributed by atoms with van der Waals surface area (Å²) in [5, 5.41) is 4.80. The molecule has 20 heavy (non-hydrogen) atoms. The number of rotatable bonds is 1. The van der Waals surface area contributed by atoms with E-state index in [4.69, 9.17) is 4.74 Å². The van der Waals surface area contributed by atoms with Crippen molar-refractivity contribution in [3.63, 3.8) is 0 Å². The van der Waals surface area contributed by atoms with Gasteiger partial charge < -0.3 is 10.1 Å². The highest BCUT2D eigenvalue weighted by Crippen LogP contribution is 2.28. The largest absolute Gasteiger partial charge is 0.378 e. The van der Waals surface area contributed by atoms with Crippen molar-refractivity contribution < 1.29 is 4.74 Å². The third-order valence-electron chi connectivity index (χ3n) is 4.13. The van der Waals surface area contributed by atoms with Gasteiger partial charge in [-0.1, -0.05) is 18.2 Å². The average Bonchev–Trinajstić information content (AvgIpc) is 2.46. The first-order valence-electron chi connectivity index (χ1n) is 7.20. The van der Waals surface area contributed by atoms with Crippen LogP contribution in [0.3, 0.4) is 0 Å². The second-order valence-corrected chi connectivity index (χ2v) is 5.76. The first-order valence-corrected chi connectivity index (χ1v) is 7.20. The lowest BCUT2D eigenvalue weighted by atomic mass is 9.91. The molecule has 1 fully saturated rings. The summed E-state index contributed by atoms with van der Waals surface area (Å²) in [4.78, 5) is 4.57. The Kier molecular flexibility index (Phi) is 2.83. The molecule has 2 bridgehead atoms. The van der Waals surface area contributed by atoms with Gasteiger partial charge in [-0.05, 0) is 42.7 Å². The number of fused-ring (bicyclic) bond motifs is 3. The maximum Gasteiger partial charge on any atom is 0.0705 e. The molecule has 0 saturated carbocycles. The van der Waals surface area contributed by atoms with Crippen LogP contribution < -0.4 is 5.32 Å². The average molecular weight is 266 g/mol. The minimum atomic E-state index is 0.365. The predicted molar refractivity (Wildman–Crippen MR) is 80.6 cm³/mol. The third-order valence-corrected chi connectivity index (χ3v) is 4.13. The van der Waals surface area contributed by atoms with Crippen LogP contribution in [0.1, 0.15) is 17.7 Å². The smallest absolute Gasteiger partial charge is 0.0705 e. The zero-order valence-corrected chi connectivity index (χ0v) is 11.6. The molecule has 0 amide bonds. The van der Waals surface area contributed by atoms with Crippen molar-refractivity contribution in [3.8, 4) is 0 Å². The molecule has 1 aromatic carbocycles. The van der Waals surface area contributed by atoms with E-state index in [1.807, 2.05) is 6.92 Å². The monoisotopic (exact) mass is 266 g/mol. The molecule has 0 radical (unpaired) electrons. The number of aromatic nitrogens is 1. The maximum atomic E-state index is 5.59. The van der Waals surface area contributed by atoms with Gasteiger partial charge in [0.1, 0.15) is 0 Å². The van der Waals surface area contributed by atoms with Crippen molar-refractivity contribution in [2.45, 2.75) is 25.4 Å². The summed E-state index contributed by atoms with van der Waals surface area (Å²) < 4.78 is 5.59. The van der Waals surface area contributed by atoms with Crippen LogP contribution in [0.4, 0.5) is 0 Å². The van der Waals surface area contributed by atoms with E-state index in [1.54, 1.807) is 0 Å². The summed E-state index contributed by atoms with van der Waals surface area (Å²) in [5.41, 5.74) is 4.90. The van der Waals surface area contributed by atoms with Gasteiger partial charge in [-0.3, -0.25) is 4.98 Å². The fourth-order valence-corrected chi connectivity index (χ4v) is 3.17. The lowest BCUT2D eigenvalue weighted by Gasteiger charge is -2.35. The molecule has 2 aromatic rings. The number of nitrogens with one attached hydrogen (secondary N) is 1. The van der Waals surface area contributed by atoms with Crippen molar-refractivity contribution in [3.05, 3.63) is 47.7 Å². The van der Waals surface area contributed by atoms with Gasteiger partial charge in [-0.15, -0.1) is 0 Å². The van der Waals surface area contributed by atoms with Gasteiger partial charge in [-0.25, -0.2) is 0 Å². The lowest BCUT2D eigenvalue weighted by molar-refractivity contribution is 0.0561. The summed E-state index contributed by atoms with van der Waals surface area (Å²) in [6.07, 6.45) is 3.36. The van der Waals surface area contributed by atoms with Crippen LogP contribution in [0.15, 0.2) is 36.4 Å². The molecule has 2 aliphatic rings. The molecule has 3 heterocycles. The Labute approximate surface area is 118 Å². The van der Waals surface area contributed by atoms with Gasteiger partial charge in [-0.2, -0.15) is 0 Å². The van der Waals surface area contributed by atoms with Gasteiger partial charge in [0, 0.05) is 23.2 Å². The van der Waals surface area contributed by atoms with Crippen LogP contribution >= 0.6 is 0 Å². The molecule has 4 rings (SSSR count). The van der Waals surface area contributed by atoms with E-state index < -0.39 is 0 Å². The molecule has 0 aliphatic carbocycles. The molecule has 1 N–H and O–H groups in total. The number of ether oxygens (including phenoxy) is 1.